The van der Waals surface area contributed by atoms with Gasteiger partial charge in [0.15, 0.2) is 5.69 Å². The van der Waals surface area contributed by atoms with Crippen LogP contribution >= 0.6 is 11.3 Å². The number of ether oxygens (including phenoxy) is 3. The molecular weight excluding hydrogens is 480 g/mol. The van der Waals surface area contributed by atoms with Crippen molar-refractivity contribution in [1.82, 2.24) is 19.7 Å². The fourth-order valence-electron chi connectivity index (χ4n) is 4.83. The Morgan fingerprint density at radius 3 is 2.81 bits per heavy atom. The summed E-state index contributed by atoms with van der Waals surface area (Å²) in [5, 5.41) is 21.3. The van der Waals surface area contributed by atoms with E-state index in [4.69, 9.17) is 19.3 Å². The predicted octanol–water partition coefficient (Wildman–Crippen LogP) is 3.39. The molecule has 10 heteroatoms. The first kappa shape index (κ1) is 22.8. The van der Waals surface area contributed by atoms with Gasteiger partial charge in [-0.2, -0.15) is 16.4 Å². The summed E-state index contributed by atoms with van der Waals surface area (Å²) in [7, 11) is 3.62. The number of rotatable bonds is 7. The first-order valence-electron chi connectivity index (χ1n) is 11.6. The molecule has 0 radical (unpaired) electrons. The summed E-state index contributed by atoms with van der Waals surface area (Å²) in [6, 6.07) is 7.95. The number of fused-ring (bicyclic) bond motifs is 3. The first-order chi connectivity index (χ1) is 17.5. The van der Waals surface area contributed by atoms with Gasteiger partial charge in [0.25, 0.3) is 5.91 Å². The van der Waals surface area contributed by atoms with Gasteiger partial charge in [0.05, 0.1) is 37.2 Å². The number of hydrogen-bond donors (Lipinski definition) is 2. The molecular formula is C26H26N4O5S. The van der Waals surface area contributed by atoms with Crippen molar-refractivity contribution in [3.63, 3.8) is 0 Å². The zero-order valence-corrected chi connectivity index (χ0v) is 20.8. The number of aromatic nitrogens is 3. The van der Waals surface area contributed by atoms with E-state index >= 15 is 0 Å². The van der Waals surface area contributed by atoms with Gasteiger partial charge in [-0.3, -0.25) is 4.79 Å². The van der Waals surface area contributed by atoms with Crippen LogP contribution in [0.15, 0.2) is 47.4 Å². The maximum Gasteiger partial charge on any atom is 0.272 e. The third-order valence-corrected chi connectivity index (χ3v) is 7.42. The fourth-order valence-corrected chi connectivity index (χ4v) is 5.44. The molecule has 0 spiro atoms. The van der Waals surface area contributed by atoms with Crippen LogP contribution in [0.1, 0.15) is 22.5 Å². The molecule has 0 unspecified atom stereocenters. The molecule has 1 saturated heterocycles. The van der Waals surface area contributed by atoms with Crippen LogP contribution < -0.4 is 14.8 Å². The number of aliphatic hydroxyl groups is 1. The molecule has 0 saturated carbocycles. The molecule has 6 rings (SSSR count). The molecule has 186 valence electrons. The monoisotopic (exact) mass is 506 g/mol. The highest BCUT2D eigenvalue weighted by atomic mass is 32.1. The second-order valence-electron chi connectivity index (χ2n) is 9.17. The number of benzene rings is 1. The van der Waals surface area contributed by atoms with Crippen molar-refractivity contribution in [2.45, 2.75) is 18.6 Å². The van der Waals surface area contributed by atoms with Crippen LogP contribution in [-0.2, 0) is 18.4 Å². The van der Waals surface area contributed by atoms with Gasteiger partial charge in [-0.15, -0.1) is 0 Å². The summed E-state index contributed by atoms with van der Waals surface area (Å²) >= 11 is 1.56. The van der Waals surface area contributed by atoms with Crippen LogP contribution in [0.25, 0.3) is 28.1 Å². The normalized spacial score (nSPS) is 15.4. The van der Waals surface area contributed by atoms with Gasteiger partial charge in [0.1, 0.15) is 18.1 Å². The number of nitrogens with zero attached hydrogens (tertiary/aromatic N) is 3. The minimum Gasteiger partial charge on any atom is -0.496 e. The number of carbonyl (C=O) groups excluding carboxylic acids is 1. The highest BCUT2D eigenvalue weighted by Gasteiger charge is 2.41. The standard InChI is InChI=1S/C26H26N4O5S/c1-29-6-3-16(11-29)18-9-19-22(10-21(18)33-2)35-12-20-23(25(32)27-26(5-7-31)14-34-15-26)28-30(24(19)20)17-4-8-36-13-17/h3-4,6,8-11,13,31H,5,7,12,14-15H2,1-2H3,(H,27,32). The number of aryl methyl sites for hydroxylation is 1. The summed E-state index contributed by atoms with van der Waals surface area (Å²) in [5.74, 6) is 1.08. The van der Waals surface area contributed by atoms with Crippen molar-refractivity contribution in [3.8, 4) is 39.6 Å². The quantitative estimate of drug-likeness (QED) is 0.399. The Morgan fingerprint density at radius 1 is 1.31 bits per heavy atom. The van der Waals surface area contributed by atoms with Crippen LogP contribution in [0.2, 0.25) is 0 Å². The van der Waals surface area contributed by atoms with Crippen molar-refractivity contribution in [2.24, 2.45) is 7.05 Å². The van der Waals surface area contributed by atoms with Crippen molar-refractivity contribution in [3.05, 3.63) is 58.7 Å². The highest BCUT2D eigenvalue weighted by molar-refractivity contribution is 7.08. The summed E-state index contributed by atoms with van der Waals surface area (Å²) in [5.41, 5.74) is 4.92. The van der Waals surface area contributed by atoms with Gasteiger partial charge in [0.2, 0.25) is 0 Å². The van der Waals surface area contributed by atoms with Crippen LogP contribution in [0, 0.1) is 0 Å². The molecule has 2 aliphatic heterocycles. The zero-order chi connectivity index (χ0) is 24.9. The molecule has 0 bridgehead atoms. The Balaban J connectivity index is 1.50. The van der Waals surface area contributed by atoms with Crippen LogP contribution in [0.3, 0.4) is 0 Å². The lowest BCUT2D eigenvalue weighted by Crippen LogP contribution is -2.62. The molecule has 2 aliphatic rings. The van der Waals surface area contributed by atoms with Crippen LogP contribution in [-0.4, -0.2) is 57.8 Å². The minimum atomic E-state index is -0.577. The third-order valence-electron chi connectivity index (χ3n) is 6.75. The van der Waals surface area contributed by atoms with Gasteiger partial charge in [0, 0.05) is 59.7 Å². The fraction of sp³-hybridized carbons (Fsp3) is 0.308. The molecule has 1 aromatic carbocycles. The second-order valence-corrected chi connectivity index (χ2v) is 9.95. The predicted molar refractivity (Wildman–Crippen MR) is 135 cm³/mol. The largest absolute Gasteiger partial charge is 0.496 e. The number of hydrogen-bond acceptors (Lipinski definition) is 7. The highest BCUT2D eigenvalue weighted by Crippen LogP contribution is 2.46. The molecule has 36 heavy (non-hydrogen) atoms. The van der Waals surface area contributed by atoms with E-state index in [0.717, 1.165) is 33.6 Å². The lowest BCUT2D eigenvalue weighted by atomic mass is 9.92. The van der Waals surface area contributed by atoms with Gasteiger partial charge < -0.3 is 29.2 Å². The van der Waals surface area contributed by atoms with Gasteiger partial charge in [-0.25, -0.2) is 4.68 Å². The Labute approximate surface area is 211 Å². The molecule has 5 heterocycles. The summed E-state index contributed by atoms with van der Waals surface area (Å²) in [4.78, 5) is 13.5. The number of amides is 1. The second kappa shape index (κ2) is 8.81. The average Bonchev–Trinajstić information content (AvgIpc) is 3.61. The van der Waals surface area contributed by atoms with E-state index in [1.54, 1.807) is 18.4 Å². The van der Waals surface area contributed by atoms with E-state index in [1.807, 2.05) is 63.7 Å². The first-order valence-corrected chi connectivity index (χ1v) is 12.6. The minimum absolute atomic E-state index is 0.0360. The number of aliphatic hydroxyl groups excluding tert-OH is 1. The Morgan fingerprint density at radius 2 is 2.17 bits per heavy atom. The SMILES string of the molecule is COc1cc2c(cc1-c1ccn(C)c1)-c1c(c(C(=O)NC3(CCO)COC3)nn1-c1ccsc1)CO2. The van der Waals surface area contributed by atoms with E-state index < -0.39 is 5.54 Å². The number of carbonyl (C=O) groups is 1. The van der Waals surface area contributed by atoms with Crippen molar-refractivity contribution < 1.29 is 24.1 Å². The maximum atomic E-state index is 13.5. The molecule has 3 aromatic heterocycles. The Hall–Kier alpha value is -3.60. The van der Waals surface area contributed by atoms with Crippen molar-refractivity contribution in [2.75, 3.05) is 26.9 Å². The Bertz CT molecular complexity index is 1430. The van der Waals surface area contributed by atoms with E-state index in [2.05, 4.69) is 5.32 Å². The summed E-state index contributed by atoms with van der Waals surface area (Å²) < 4.78 is 21.0. The average molecular weight is 507 g/mol. The van der Waals surface area contributed by atoms with Crippen LogP contribution in [0.5, 0.6) is 11.5 Å². The lowest BCUT2D eigenvalue weighted by Gasteiger charge is -2.41. The van der Waals surface area contributed by atoms with Crippen molar-refractivity contribution in [1.29, 1.82) is 0 Å². The smallest absolute Gasteiger partial charge is 0.272 e. The summed E-state index contributed by atoms with van der Waals surface area (Å²) in [6.07, 6.45) is 4.44. The molecule has 9 nitrogen and oxygen atoms in total. The maximum absolute atomic E-state index is 13.5. The van der Waals surface area contributed by atoms with Crippen LogP contribution in [0.4, 0.5) is 0 Å². The number of methoxy groups -OCH3 is 1. The summed E-state index contributed by atoms with van der Waals surface area (Å²) in [6.45, 7) is 0.900. The Kier molecular flexibility index (Phi) is 5.59. The molecule has 1 fully saturated rings. The molecule has 1 amide bonds. The molecule has 0 aliphatic carbocycles. The van der Waals surface area contributed by atoms with Gasteiger partial charge >= 0.3 is 0 Å². The lowest BCUT2D eigenvalue weighted by molar-refractivity contribution is -0.0785. The van der Waals surface area contributed by atoms with E-state index in [0.29, 0.717) is 36.8 Å². The van der Waals surface area contributed by atoms with E-state index in [1.165, 1.54) is 0 Å². The number of nitrogens with one attached hydrogen (secondary N) is 1. The topological polar surface area (TPSA) is 99.8 Å². The van der Waals surface area contributed by atoms with Crippen molar-refractivity contribution >= 4 is 17.2 Å². The number of thiophene rings is 1. The third kappa shape index (κ3) is 3.69. The molecule has 0 atom stereocenters. The van der Waals surface area contributed by atoms with Gasteiger partial charge in [-0.05, 0) is 30.0 Å². The molecule has 4 aromatic rings. The van der Waals surface area contributed by atoms with E-state index in [-0.39, 0.29) is 19.1 Å². The molecule has 2 N–H and O–H groups in total. The van der Waals surface area contributed by atoms with E-state index in [9.17, 15) is 9.90 Å². The van der Waals surface area contributed by atoms with Gasteiger partial charge in [-0.1, -0.05) is 0 Å². The zero-order valence-electron chi connectivity index (χ0n) is 20.0.